The summed E-state index contributed by atoms with van der Waals surface area (Å²) >= 11 is 5.94. The van der Waals surface area contributed by atoms with Crippen LogP contribution in [0.15, 0.2) is 77.7 Å². The van der Waals surface area contributed by atoms with E-state index in [9.17, 15) is 13.2 Å². The maximum Gasteiger partial charge on any atom is 0.264 e. The van der Waals surface area contributed by atoms with Crippen LogP contribution >= 0.6 is 11.6 Å². The van der Waals surface area contributed by atoms with Crippen LogP contribution in [0.5, 0.6) is 5.75 Å². The Morgan fingerprint density at radius 3 is 2.56 bits per heavy atom. The summed E-state index contributed by atoms with van der Waals surface area (Å²) in [5.74, 6) is 0.486. The van der Waals surface area contributed by atoms with Gasteiger partial charge in [-0.3, -0.25) is 9.52 Å². The van der Waals surface area contributed by atoms with Crippen LogP contribution in [0.3, 0.4) is 0 Å². The maximum absolute atomic E-state index is 13.1. The number of benzene rings is 3. The van der Waals surface area contributed by atoms with Gasteiger partial charge in [0.1, 0.15) is 5.75 Å². The summed E-state index contributed by atoms with van der Waals surface area (Å²) in [5.41, 5.74) is 2.13. The molecule has 3 aromatic rings. The fourth-order valence-electron chi connectivity index (χ4n) is 3.62. The quantitative estimate of drug-likeness (QED) is 0.559. The molecule has 1 aliphatic heterocycles. The molecule has 0 radical (unpaired) electrons. The minimum absolute atomic E-state index is 0.0723. The number of nitrogens with zero attached hydrogens (tertiary/aromatic N) is 1. The highest BCUT2D eigenvalue weighted by Crippen LogP contribution is 2.31. The van der Waals surface area contributed by atoms with Crippen LogP contribution in [-0.2, 0) is 27.9 Å². The highest BCUT2D eigenvalue weighted by Gasteiger charge is 2.30. The van der Waals surface area contributed by atoms with Crippen molar-refractivity contribution in [2.24, 2.45) is 0 Å². The van der Waals surface area contributed by atoms with Crippen LogP contribution in [0, 0.1) is 0 Å². The van der Waals surface area contributed by atoms with Crippen molar-refractivity contribution < 1.29 is 17.9 Å². The number of rotatable bonds is 6. The number of ether oxygens (including phenoxy) is 1. The van der Waals surface area contributed by atoms with Crippen molar-refractivity contribution >= 4 is 33.2 Å². The maximum atomic E-state index is 13.1. The number of nitrogens with one attached hydrogen (secondary N) is 1. The van der Waals surface area contributed by atoms with E-state index >= 15 is 0 Å². The first kappa shape index (κ1) is 22.2. The van der Waals surface area contributed by atoms with Crippen molar-refractivity contribution in [3.8, 4) is 5.75 Å². The molecule has 1 aliphatic rings. The van der Waals surface area contributed by atoms with Gasteiger partial charge in [0.15, 0.2) is 6.10 Å². The SMILES string of the molecule is CC[C@@H]1Oc2ccc(NS(=O)(=O)c3cccc(Cl)c3)cc2CN(Cc2ccccc2)C1=O. The molecule has 0 unspecified atom stereocenters. The summed E-state index contributed by atoms with van der Waals surface area (Å²) in [6.45, 7) is 2.66. The van der Waals surface area contributed by atoms with E-state index in [-0.39, 0.29) is 10.8 Å². The van der Waals surface area contributed by atoms with Crippen molar-refractivity contribution in [2.75, 3.05) is 4.72 Å². The number of halogens is 1. The number of carbonyl (C=O) groups excluding carboxylic acids is 1. The molecule has 0 spiro atoms. The van der Waals surface area contributed by atoms with Gasteiger partial charge in [0.2, 0.25) is 0 Å². The van der Waals surface area contributed by atoms with Crippen LogP contribution in [-0.4, -0.2) is 25.3 Å². The number of carbonyl (C=O) groups is 1. The van der Waals surface area contributed by atoms with Gasteiger partial charge >= 0.3 is 0 Å². The standard InChI is InChI=1S/C24H23ClN2O4S/c1-2-22-24(28)27(15-17-7-4-3-5-8-17)16-18-13-20(11-12-23(18)31-22)26-32(29,30)21-10-6-9-19(25)14-21/h3-14,22,26H,2,15-16H2,1H3/t22-/m0/s1. The van der Waals surface area contributed by atoms with Crippen LogP contribution in [0.2, 0.25) is 5.02 Å². The molecule has 0 bridgehead atoms. The van der Waals surface area contributed by atoms with Crippen molar-refractivity contribution in [2.45, 2.75) is 37.4 Å². The van der Waals surface area contributed by atoms with E-state index in [2.05, 4.69) is 4.72 Å². The second kappa shape index (κ2) is 9.22. The second-order valence-electron chi connectivity index (χ2n) is 7.58. The fraction of sp³-hybridized carbons (Fsp3) is 0.208. The van der Waals surface area contributed by atoms with Gasteiger partial charge in [-0.25, -0.2) is 8.42 Å². The molecule has 166 valence electrons. The molecule has 0 fully saturated rings. The highest BCUT2D eigenvalue weighted by atomic mass is 35.5. The third-order valence-electron chi connectivity index (χ3n) is 5.22. The van der Waals surface area contributed by atoms with E-state index in [1.807, 2.05) is 37.3 Å². The average molecular weight is 471 g/mol. The molecule has 0 saturated carbocycles. The van der Waals surface area contributed by atoms with E-state index in [0.717, 1.165) is 11.1 Å². The summed E-state index contributed by atoms with van der Waals surface area (Å²) in [4.78, 5) is 14.9. The predicted octanol–water partition coefficient (Wildman–Crippen LogP) is 4.84. The predicted molar refractivity (Wildman–Crippen MR) is 124 cm³/mol. The van der Waals surface area contributed by atoms with Gasteiger partial charge in [0.05, 0.1) is 4.90 Å². The highest BCUT2D eigenvalue weighted by molar-refractivity contribution is 7.92. The Kier molecular flexibility index (Phi) is 6.39. The molecular weight excluding hydrogens is 448 g/mol. The van der Waals surface area contributed by atoms with Gasteiger partial charge in [-0.2, -0.15) is 0 Å². The zero-order valence-electron chi connectivity index (χ0n) is 17.5. The zero-order valence-corrected chi connectivity index (χ0v) is 19.1. The first-order valence-corrected chi connectivity index (χ1v) is 12.1. The monoisotopic (exact) mass is 470 g/mol. The first-order chi connectivity index (χ1) is 15.4. The molecular formula is C24H23ClN2O4S. The molecule has 6 nitrogen and oxygen atoms in total. The van der Waals surface area contributed by atoms with E-state index in [4.69, 9.17) is 16.3 Å². The normalized spacial score (nSPS) is 16.1. The summed E-state index contributed by atoms with van der Waals surface area (Å²) in [6, 6.07) is 20.8. The van der Waals surface area contributed by atoms with Crippen LogP contribution in [0.1, 0.15) is 24.5 Å². The van der Waals surface area contributed by atoms with E-state index in [1.165, 1.54) is 12.1 Å². The van der Waals surface area contributed by atoms with E-state index in [0.29, 0.717) is 36.0 Å². The molecule has 3 aromatic carbocycles. The number of amides is 1. The van der Waals surface area contributed by atoms with Crippen molar-refractivity contribution in [1.82, 2.24) is 4.90 Å². The third kappa shape index (κ3) is 4.89. The molecule has 0 aliphatic carbocycles. The number of fused-ring (bicyclic) bond motifs is 1. The van der Waals surface area contributed by atoms with E-state index < -0.39 is 16.1 Å². The zero-order chi connectivity index (χ0) is 22.7. The van der Waals surface area contributed by atoms with Crippen molar-refractivity contribution in [3.05, 3.63) is 88.9 Å². The number of hydrogen-bond donors (Lipinski definition) is 1. The average Bonchev–Trinajstić information content (AvgIpc) is 2.90. The summed E-state index contributed by atoms with van der Waals surface area (Å²) in [7, 11) is -3.82. The molecule has 1 heterocycles. The van der Waals surface area contributed by atoms with Gasteiger partial charge in [0.25, 0.3) is 15.9 Å². The molecule has 1 amide bonds. The molecule has 8 heteroatoms. The van der Waals surface area contributed by atoms with Crippen molar-refractivity contribution in [3.63, 3.8) is 0 Å². The summed E-state index contributed by atoms with van der Waals surface area (Å²) in [6.07, 6.45) is -0.0545. The van der Waals surface area contributed by atoms with Gasteiger partial charge < -0.3 is 9.64 Å². The molecule has 0 aromatic heterocycles. The lowest BCUT2D eigenvalue weighted by Gasteiger charge is -2.23. The van der Waals surface area contributed by atoms with Crippen LogP contribution in [0.4, 0.5) is 5.69 Å². The summed E-state index contributed by atoms with van der Waals surface area (Å²) in [5, 5.41) is 0.337. The van der Waals surface area contributed by atoms with Crippen molar-refractivity contribution in [1.29, 1.82) is 0 Å². The minimum Gasteiger partial charge on any atom is -0.480 e. The number of sulfonamides is 1. The number of hydrogen-bond acceptors (Lipinski definition) is 4. The van der Waals surface area contributed by atoms with Gasteiger partial charge in [0, 0.05) is 29.4 Å². The Morgan fingerprint density at radius 1 is 1.06 bits per heavy atom. The minimum atomic E-state index is -3.82. The Morgan fingerprint density at radius 2 is 1.84 bits per heavy atom. The molecule has 1 N–H and O–H groups in total. The lowest BCUT2D eigenvalue weighted by molar-refractivity contribution is -0.139. The molecule has 32 heavy (non-hydrogen) atoms. The third-order valence-corrected chi connectivity index (χ3v) is 6.84. The Hall–Kier alpha value is -3.03. The van der Waals surface area contributed by atoms with Crippen LogP contribution in [0.25, 0.3) is 0 Å². The molecule has 4 rings (SSSR count). The topological polar surface area (TPSA) is 75.7 Å². The molecule has 0 saturated heterocycles. The lowest BCUT2D eigenvalue weighted by atomic mass is 10.1. The van der Waals surface area contributed by atoms with Crippen LogP contribution < -0.4 is 9.46 Å². The Bertz CT molecular complexity index is 1230. The van der Waals surface area contributed by atoms with Gasteiger partial charge in [-0.1, -0.05) is 54.9 Å². The first-order valence-electron chi connectivity index (χ1n) is 10.3. The molecule has 1 atom stereocenters. The fourth-order valence-corrected chi connectivity index (χ4v) is 4.97. The Balaban J connectivity index is 1.63. The smallest absolute Gasteiger partial charge is 0.264 e. The summed E-state index contributed by atoms with van der Waals surface area (Å²) < 4.78 is 34.1. The van der Waals surface area contributed by atoms with E-state index in [1.54, 1.807) is 35.2 Å². The van der Waals surface area contributed by atoms with Gasteiger partial charge in [-0.05, 0) is 48.4 Å². The lowest BCUT2D eigenvalue weighted by Crippen LogP contribution is -2.38. The Labute approximate surface area is 192 Å². The van der Waals surface area contributed by atoms with Gasteiger partial charge in [-0.15, -0.1) is 0 Å². The number of anilines is 1. The second-order valence-corrected chi connectivity index (χ2v) is 9.70. The largest absolute Gasteiger partial charge is 0.480 e.